The van der Waals surface area contributed by atoms with Gasteiger partial charge in [0.15, 0.2) is 5.65 Å². The second-order valence-electron chi connectivity index (χ2n) is 5.50. The van der Waals surface area contributed by atoms with E-state index in [1.165, 1.54) is 12.3 Å². The largest absolute Gasteiger partial charge is 0.379 e. The fraction of sp³-hybridized carbons (Fsp3) is 0.0556. The van der Waals surface area contributed by atoms with Crippen molar-refractivity contribution in [2.45, 2.75) is 6.54 Å². The van der Waals surface area contributed by atoms with Crippen molar-refractivity contribution in [3.8, 4) is 11.1 Å². The molecule has 0 saturated carbocycles. The molecule has 0 saturated heterocycles. The average molecular weight is 354 g/mol. The van der Waals surface area contributed by atoms with Crippen molar-refractivity contribution in [1.29, 1.82) is 0 Å². The number of benzene rings is 1. The Hall–Kier alpha value is -2.99. The minimum atomic E-state index is -0.318. The molecule has 7 heteroatoms. The molecule has 0 unspecified atom stereocenters. The Morgan fingerprint density at radius 2 is 2.00 bits per heavy atom. The van der Waals surface area contributed by atoms with Gasteiger partial charge in [0.2, 0.25) is 0 Å². The molecule has 25 heavy (non-hydrogen) atoms. The van der Waals surface area contributed by atoms with Gasteiger partial charge in [-0.2, -0.15) is 0 Å². The number of fused-ring (bicyclic) bond motifs is 1. The summed E-state index contributed by atoms with van der Waals surface area (Å²) in [6, 6.07) is 8.65. The van der Waals surface area contributed by atoms with Crippen LogP contribution in [0.3, 0.4) is 0 Å². The van der Waals surface area contributed by atoms with Crippen LogP contribution in [-0.2, 0) is 6.54 Å². The van der Waals surface area contributed by atoms with Crippen LogP contribution in [0.1, 0.15) is 5.56 Å². The number of anilines is 1. The Labute approximate surface area is 147 Å². The summed E-state index contributed by atoms with van der Waals surface area (Å²) in [5, 5.41) is 3.43. The van der Waals surface area contributed by atoms with Crippen molar-refractivity contribution in [2.24, 2.45) is 0 Å². The number of hydrogen-bond donors (Lipinski definition) is 2. The summed E-state index contributed by atoms with van der Waals surface area (Å²) in [7, 11) is 0. The maximum absolute atomic E-state index is 14.2. The molecule has 124 valence electrons. The van der Waals surface area contributed by atoms with Crippen LogP contribution in [0.5, 0.6) is 0 Å². The lowest BCUT2D eigenvalue weighted by molar-refractivity contribution is 0.630. The van der Waals surface area contributed by atoms with Gasteiger partial charge in [-0.3, -0.25) is 4.98 Å². The van der Waals surface area contributed by atoms with Crippen molar-refractivity contribution in [2.75, 3.05) is 5.32 Å². The summed E-state index contributed by atoms with van der Waals surface area (Å²) in [6.45, 7) is 0.502. The molecule has 0 aliphatic rings. The number of nitrogens with zero attached hydrogens (tertiary/aromatic N) is 3. The number of H-pyrrole nitrogens is 1. The van der Waals surface area contributed by atoms with Gasteiger partial charge in [-0.05, 0) is 35.4 Å². The monoisotopic (exact) mass is 353 g/mol. The molecule has 0 bridgehead atoms. The molecule has 4 aromatic rings. The maximum atomic E-state index is 14.2. The normalized spacial score (nSPS) is 11.0. The molecule has 5 nitrogen and oxygen atoms in total. The van der Waals surface area contributed by atoms with Gasteiger partial charge in [0.25, 0.3) is 0 Å². The van der Waals surface area contributed by atoms with Crippen LogP contribution in [0.25, 0.3) is 22.3 Å². The summed E-state index contributed by atoms with van der Waals surface area (Å²) in [4.78, 5) is 15.5. The smallest absolute Gasteiger partial charge is 0.156 e. The SMILES string of the molecule is Fc1ccc(-c2c[nH]c3ncc(Cl)nc23)cc1NCc1ccncc1. The van der Waals surface area contributed by atoms with Gasteiger partial charge in [0.1, 0.15) is 16.5 Å². The lowest BCUT2D eigenvalue weighted by Gasteiger charge is -2.09. The van der Waals surface area contributed by atoms with E-state index in [0.29, 0.717) is 28.5 Å². The van der Waals surface area contributed by atoms with E-state index in [1.807, 2.05) is 12.1 Å². The lowest BCUT2D eigenvalue weighted by atomic mass is 10.1. The van der Waals surface area contributed by atoms with Crippen molar-refractivity contribution < 1.29 is 4.39 Å². The highest BCUT2D eigenvalue weighted by atomic mass is 35.5. The molecular weight excluding hydrogens is 341 g/mol. The van der Waals surface area contributed by atoms with E-state index in [2.05, 4.69) is 25.3 Å². The molecule has 3 aromatic heterocycles. The Morgan fingerprint density at radius 3 is 2.84 bits per heavy atom. The van der Waals surface area contributed by atoms with Gasteiger partial charge in [0, 0.05) is 30.7 Å². The standard InChI is InChI=1S/C18H13ClFN5/c19-16-10-24-18-17(25-16)13(9-23-18)12-1-2-14(20)15(7-12)22-8-11-3-5-21-6-4-11/h1-7,9-10,22H,8H2,(H,23,24). The third kappa shape index (κ3) is 3.16. The number of aromatic nitrogens is 4. The van der Waals surface area contributed by atoms with Crippen LogP contribution in [0.4, 0.5) is 10.1 Å². The molecule has 1 aromatic carbocycles. The highest BCUT2D eigenvalue weighted by molar-refractivity contribution is 6.29. The Morgan fingerprint density at radius 1 is 1.16 bits per heavy atom. The van der Waals surface area contributed by atoms with Crippen LogP contribution in [0.15, 0.2) is 55.1 Å². The van der Waals surface area contributed by atoms with Gasteiger partial charge in [0.05, 0.1) is 11.9 Å². The predicted octanol–water partition coefficient (Wildman–Crippen LogP) is 4.42. The van der Waals surface area contributed by atoms with E-state index in [0.717, 1.165) is 16.7 Å². The van der Waals surface area contributed by atoms with Crippen LogP contribution in [0, 0.1) is 5.82 Å². The average Bonchev–Trinajstić information content (AvgIpc) is 3.05. The first kappa shape index (κ1) is 15.5. The molecule has 0 amide bonds. The molecule has 0 aliphatic carbocycles. The van der Waals surface area contributed by atoms with Crippen molar-refractivity contribution >= 4 is 28.5 Å². The number of nitrogens with one attached hydrogen (secondary N) is 2. The van der Waals surface area contributed by atoms with Crippen molar-refractivity contribution in [3.05, 3.63) is 71.7 Å². The quantitative estimate of drug-likeness (QED) is 0.569. The minimum Gasteiger partial charge on any atom is -0.379 e. The van der Waals surface area contributed by atoms with Crippen molar-refractivity contribution in [1.82, 2.24) is 19.9 Å². The summed E-state index contributed by atoms with van der Waals surface area (Å²) >= 11 is 5.94. The van der Waals surface area contributed by atoms with E-state index >= 15 is 0 Å². The summed E-state index contributed by atoms with van der Waals surface area (Å²) in [6.07, 6.45) is 6.69. The second-order valence-corrected chi connectivity index (χ2v) is 5.88. The Balaban J connectivity index is 1.68. The third-order valence-electron chi connectivity index (χ3n) is 3.86. The predicted molar refractivity (Wildman–Crippen MR) is 95.9 cm³/mol. The van der Waals surface area contributed by atoms with Crippen LogP contribution in [-0.4, -0.2) is 19.9 Å². The number of aromatic amines is 1. The van der Waals surface area contributed by atoms with Crippen molar-refractivity contribution in [3.63, 3.8) is 0 Å². The summed E-state index contributed by atoms with van der Waals surface area (Å²) in [5.41, 5.74) is 4.36. The first-order valence-electron chi connectivity index (χ1n) is 7.63. The van der Waals surface area contributed by atoms with Crippen LogP contribution < -0.4 is 5.32 Å². The minimum absolute atomic E-state index is 0.312. The number of pyridine rings is 1. The van der Waals surface area contributed by atoms with E-state index in [1.54, 1.807) is 30.7 Å². The highest BCUT2D eigenvalue weighted by Crippen LogP contribution is 2.30. The molecule has 0 fully saturated rings. The van der Waals surface area contributed by atoms with Gasteiger partial charge in [-0.25, -0.2) is 14.4 Å². The fourth-order valence-electron chi connectivity index (χ4n) is 2.62. The molecular formula is C18H13ClFN5. The van der Waals surface area contributed by atoms with Crippen LogP contribution in [0.2, 0.25) is 5.15 Å². The zero-order chi connectivity index (χ0) is 17.2. The topological polar surface area (TPSA) is 66.5 Å². The molecule has 4 rings (SSSR count). The van der Waals surface area contributed by atoms with Crippen LogP contribution >= 0.6 is 11.6 Å². The van der Waals surface area contributed by atoms with Gasteiger partial charge < -0.3 is 10.3 Å². The number of hydrogen-bond acceptors (Lipinski definition) is 4. The Bertz CT molecular complexity index is 1030. The van der Waals surface area contributed by atoms with E-state index < -0.39 is 0 Å². The van der Waals surface area contributed by atoms with E-state index in [4.69, 9.17) is 11.6 Å². The molecule has 0 aliphatic heterocycles. The molecule has 0 radical (unpaired) electrons. The second kappa shape index (κ2) is 6.49. The first-order valence-corrected chi connectivity index (χ1v) is 8.01. The molecule has 2 N–H and O–H groups in total. The Kier molecular flexibility index (Phi) is 4.03. The molecule has 0 atom stereocenters. The maximum Gasteiger partial charge on any atom is 0.156 e. The number of rotatable bonds is 4. The first-order chi connectivity index (χ1) is 12.2. The highest BCUT2D eigenvalue weighted by Gasteiger charge is 2.12. The fourth-order valence-corrected chi connectivity index (χ4v) is 2.75. The number of halogens is 2. The van der Waals surface area contributed by atoms with Gasteiger partial charge in [-0.1, -0.05) is 17.7 Å². The third-order valence-corrected chi connectivity index (χ3v) is 4.04. The van der Waals surface area contributed by atoms with E-state index in [9.17, 15) is 4.39 Å². The zero-order valence-corrected chi connectivity index (χ0v) is 13.8. The molecule has 3 heterocycles. The van der Waals surface area contributed by atoms with E-state index in [-0.39, 0.29) is 5.82 Å². The van der Waals surface area contributed by atoms with Gasteiger partial charge in [-0.15, -0.1) is 0 Å². The molecule has 0 spiro atoms. The summed E-state index contributed by atoms with van der Waals surface area (Å²) < 4.78 is 14.2. The lowest BCUT2D eigenvalue weighted by Crippen LogP contribution is -2.01. The summed E-state index contributed by atoms with van der Waals surface area (Å²) in [5.74, 6) is -0.318. The van der Waals surface area contributed by atoms with Gasteiger partial charge >= 0.3 is 0 Å². The zero-order valence-electron chi connectivity index (χ0n) is 13.0.